The molecule has 2 aromatic carbocycles. The lowest BCUT2D eigenvalue weighted by molar-refractivity contribution is -0.0248. The summed E-state index contributed by atoms with van der Waals surface area (Å²) in [6.07, 6.45) is 3.11. The van der Waals surface area contributed by atoms with Crippen LogP contribution in [0.25, 0.3) is 10.9 Å². The maximum Gasteiger partial charge on any atom is 0.195 e. The molecule has 2 aliphatic heterocycles. The lowest BCUT2D eigenvalue weighted by Crippen LogP contribution is -2.56. The summed E-state index contributed by atoms with van der Waals surface area (Å²) >= 11 is 0. The molecular formula is C26H29N3O2. The first kappa shape index (κ1) is 19.1. The SMILES string of the molecule is CC1(N2CCOCC2)CCN(c2ccc3c(c2)Cc2[nH]c4ccccc4c2C3=O)CC1. The van der Waals surface area contributed by atoms with Crippen LogP contribution in [-0.4, -0.2) is 60.6 Å². The van der Waals surface area contributed by atoms with E-state index in [9.17, 15) is 4.79 Å². The molecule has 31 heavy (non-hydrogen) atoms. The van der Waals surface area contributed by atoms with Crippen LogP contribution in [0.3, 0.4) is 0 Å². The Labute approximate surface area is 183 Å². The average Bonchev–Trinajstić information content (AvgIpc) is 3.18. The molecule has 2 saturated heterocycles. The lowest BCUT2D eigenvalue weighted by Gasteiger charge is -2.48. The molecule has 6 rings (SSSR count). The molecule has 1 aromatic heterocycles. The number of nitrogens with one attached hydrogen (secondary N) is 1. The van der Waals surface area contributed by atoms with Crippen LogP contribution in [0.1, 0.15) is 46.9 Å². The molecule has 0 spiro atoms. The van der Waals surface area contributed by atoms with Crippen molar-refractivity contribution in [3.63, 3.8) is 0 Å². The molecule has 160 valence electrons. The second-order valence-corrected chi connectivity index (χ2v) is 9.45. The number of para-hydroxylation sites is 1. The zero-order valence-electron chi connectivity index (χ0n) is 18.1. The zero-order chi connectivity index (χ0) is 21.0. The number of rotatable bonds is 2. The molecule has 0 atom stereocenters. The number of fused-ring (bicyclic) bond motifs is 4. The summed E-state index contributed by atoms with van der Waals surface area (Å²) < 4.78 is 5.55. The summed E-state index contributed by atoms with van der Waals surface area (Å²) in [6.45, 7) is 8.32. The number of carbonyl (C=O) groups excluding carboxylic acids is 1. The van der Waals surface area contributed by atoms with E-state index >= 15 is 0 Å². The van der Waals surface area contributed by atoms with Crippen LogP contribution in [0.4, 0.5) is 5.69 Å². The first-order chi connectivity index (χ1) is 15.1. The van der Waals surface area contributed by atoms with Gasteiger partial charge in [0.05, 0.1) is 18.8 Å². The van der Waals surface area contributed by atoms with Crippen LogP contribution in [-0.2, 0) is 11.2 Å². The van der Waals surface area contributed by atoms with Gasteiger partial charge in [0.15, 0.2) is 5.78 Å². The van der Waals surface area contributed by atoms with E-state index in [0.29, 0.717) is 0 Å². The van der Waals surface area contributed by atoms with E-state index in [2.05, 4.69) is 39.9 Å². The van der Waals surface area contributed by atoms with Crippen molar-refractivity contribution >= 4 is 22.4 Å². The molecular weight excluding hydrogens is 386 g/mol. The maximum absolute atomic E-state index is 13.3. The Kier molecular flexibility index (Phi) is 4.44. The molecule has 5 heteroatoms. The Hall–Kier alpha value is -2.63. The van der Waals surface area contributed by atoms with E-state index in [1.54, 1.807) is 0 Å². The summed E-state index contributed by atoms with van der Waals surface area (Å²) in [5.74, 6) is 0.152. The average molecular weight is 416 g/mol. The van der Waals surface area contributed by atoms with Crippen LogP contribution in [0, 0.1) is 0 Å². The third-order valence-electron chi connectivity index (χ3n) is 7.69. The molecule has 0 amide bonds. The minimum Gasteiger partial charge on any atom is -0.379 e. The number of ketones is 1. The van der Waals surface area contributed by atoms with E-state index in [-0.39, 0.29) is 11.3 Å². The predicted molar refractivity (Wildman–Crippen MR) is 123 cm³/mol. The van der Waals surface area contributed by atoms with Gasteiger partial charge in [-0.05, 0) is 49.6 Å². The van der Waals surface area contributed by atoms with Crippen LogP contribution in [0.15, 0.2) is 42.5 Å². The van der Waals surface area contributed by atoms with Crippen molar-refractivity contribution in [2.75, 3.05) is 44.3 Å². The molecule has 0 radical (unpaired) electrons. The third-order valence-corrected chi connectivity index (χ3v) is 7.69. The van der Waals surface area contributed by atoms with Gasteiger partial charge in [-0.3, -0.25) is 9.69 Å². The summed E-state index contributed by atoms with van der Waals surface area (Å²) in [5.41, 5.74) is 6.47. The molecule has 0 bridgehead atoms. The van der Waals surface area contributed by atoms with Gasteiger partial charge in [-0.2, -0.15) is 0 Å². The van der Waals surface area contributed by atoms with Gasteiger partial charge in [-0.25, -0.2) is 0 Å². The maximum atomic E-state index is 13.3. The first-order valence-corrected chi connectivity index (χ1v) is 11.5. The molecule has 3 aliphatic rings. The van der Waals surface area contributed by atoms with Gasteiger partial charge >= 0.3 is 0 Å². The normalized spacial score (nSPS) is 21.2. The van der Waals surface area contributed by atoms with Crippen molar-refractivity contribution in [1.29, 1.82) is 0 Å². The minimum absolute atomic E-state index is 0.152. The molecule has 2 fully saturated rings. The highest BCUT2D eigenvalue weighted by Gasteiger charge is 2.36. The van der Waals surface area contributed by atoms with E-state index in [1.165, 1.54) is 5.69 Å². The van der Waals surface area contributed by atoms with Gasteiger partial charge in [0.25, 0.3) is 0 Å². The van der Waals surface area contributed by atoms with E-state index < -0.39 is 0 Å². The fourth-order valence-electron chi connectivity index (χ4n) is 5.73. The molecule has 1 N–H and O–H groups in total. The highest BCUT2D eigenvalue weighted by Crippen LogP contribution is 2.36. The third kappa shape index (κ3) is 3.10. The number of morpholine rings is 1. The van der Waals surface area contributed by atoms with Crippen molar-refractivity contribution < 1.29 is 9.53 Å². The van der Waals surface area contributed by atoms with E-state index in [0.717, 1.165) is 91.9 Å². The second-order valence-electron chi connectivity index (χ2n) is 9.45. The van der Waals surface area contributed by atoms with Gasteiger partial charge in [0.1, 0.15) is 0 Å². The fourth-order valence-corrected chi connectivity index (χ4v) is 5.73. The summed E-state index contributed by atoms with van der Waals surface area (Å²) in [5, 5.41) is 1.04. The number of piperidine rings is 1. The Morgan fingerprint density at radius 3 is 2.58 bits per heavy atom. The summed E-state index contributed by atoms with van der Waals surface area (Å²) in [4.78, 5) is 21.9. The van der Waals surface area contributed by atoms with Crippen LogP contribution in [0.2, 0.25) is 0 Å². The topological polar surface area (TPSA) is 48.6 Å². The smallest absolute Gasteiger partial charge is 0.195 e. The Bertz CT molecular complexity index is 1150. The highest BCUT2D eigenvalue weighted by molar-refractivity contribution is 6.19. The van der Waals surface area contributed by atoms with Crippen molar-refractivity contribution in [3.05, 3.63) is 64.8 Å². The van der Waals surface area contributed by atoms with Crippen molar-refractivity contribution in [2.45, 2.75) is 31.7 Å². The van der Waals surface area contributed by atoms with Crippen molar-refractivity contribution in [3.8, 4) is 0 Å². The van der Waals surface area contributed by atoms with E-state index in [4.69, 9.17) is 4.74 Å². The van der Waals surface area contributed by atoms with Gasteiger partial charge in [-0.15, -0.1) is 0 Å². The van der Waals surface area contributed by atoms with Crippen LogP contribution < -0.4 is 4.90 Å². The van der Waals surface area contributed by atoms with E-state index in [1.807, 2.05) is 24.3 Å². The minimum atomic E-state index is 0.152. The monoisotopic (exact) mass is 415 g/mol. The molecule has 3 aromatic rings. The number of aromatic nitrogens is 1. The van der Waals surface area contributed by atoms with Crippen LogP contribution in [0.5, 0.6) is 0 Å². The number of hydrogen-bond donors (Lipinski definition) is 1. The van der Waals surface area contributed by atoms with Gasteiger partial charge in [-0.1, -0.05) is 18.2 Å². The van der Waals surface area contributed by atoms with Crippen molar-refractivity contribution in [2.24, 2.45) is 0 Å². The molecule has 3 heterocycles. The van der Waals surface area contributed by atoms with Crippen molar-refractivity contribution in [1.82, 2.24) is 9.88 Å². The molecule has 0 saturated carbocycles. The number of anilines is 1. The number of aromatic amines is 1. The lowest BCUT2D eigenvalue weighted by atomic mass is 9.85. The number of ether oxygens (including phenoxy) is 1. The summed E-state index contributed by atoms with van der Waals surface area (Å²) in [7, 11) is 0. The standard InChI is InChI=1S/C26H29N3O2/c1-26(29-12-14-31-15-13-29)8-10-28(11-9-26)19-6-7-20-18(16-19)17-23-24(25(20)30)21-4-2-3-5-22(21)27-23/h2-7,16,27H,8-15,17H2,1H3. The number of hydrogen-bond acceptors (Lipinski definition) is 4. The summed E-state index contributed by atoms with van der Waals surface area (Å²) in [6, 6.07) is 14.6. The largest absolute Gasteiger partial charge is 0.379 e. The Morgan fingerprint density at radius 1 is 1.00 bits per heavy atom. The number of H-pyrrole nitrogens is 1. The highest BCUT2D eigenvalue weighted by atomic mass is 16.5. The Morgan fingerprint density at radius 2 is 1.77 bits per heavy atom. The molecule has 1 aliphatic carbocycles. The number of benzene rings is 2. The molecule has 5 nitrogen and oxygen atoms in total. The van der Waals surface area contributed by atoms with Gasteiger partial charge in [0, 0.05) is 66.0 Å². The quantitative estimate of drug-likeness (QED) is 0.538. The second kappa shape index (κ2) is 7.21. The van der Waals surface area contributed by atoms with Gasteiger partial charge in [0.2, 0.25) is 0 Å². The molecule has 0 unspecified atom stereocenters. The van der Waals surface area contributed by atoms with Crippen LogP contribution >= 0.6 is 0 Å². The number of carbonyl (C=O) groups is 1. The first-order valence-electron chi connectivity index (χ1n) is 11.5. The predicted octanol–water partition coefficient (Wildman–Crippen LogP) is 3.99. The number of nitrogens with zero attached hydrogens (tertiary/aromatic N) is 2. The Balaban J connectivity index is 1.24. The van der Waals surface area contributed by atoms with Gasteiger partial charge < -0.3 is 14.6 Å². The zero-order valence-corrected chi connectivity index (χ0v) is 18.1. The fraction of sp³-hybridized carbons (Fsp3) is 0.423.